The van der Waals surface area contributed by atoms with Crippen LogP contribution >= 0.6 is 11.6 Å². The van der Waals surface area contributed by atoms with Gasteiger partial charge in [-0.25, -0.2) is 4.79 Å². The van der Waals surface area contributed by atoms with Crippen molar-refractivity contribution >= 4 is 34.9 Å². The maximum absolute atomic E-state index is 12.7. The molecule has 0 aromatic heterocycles. The van der Waals surface area contributed by atoms with Gasteiger partial charge in [0.05, 0.1) is 24.9 Å². The minimum atomic E-state index is -0.521. The van der Waals surface area contributed by atoms with E-state index in [2.05, 4.69) is 15.4 Å². The van der Waals surface area contributed by atoms with Crippen LogP contribution in [0.5, 0.6) is 11.5 Å². The topological polar surface area (TPSA) is 85.9 Å². The molecule has 33 heavy (non-hydrogen) atoms. The minimum absolute atomic E-state index is 0.0662. The number of ether oxygens (including phenoxy) is 3. The molecule has 3 rings (SSSR count). The standard InChI is InChI=1S/C25H25ClN2O5/c1-16(17-7-5-4-6-8-17)27-21-11-10-19(14-20(21)26)28-25(30)18-9-12-22(23(13-18)31-2)33-15-24(29)32-3/h4-14,16,27H,15H2,1-3H3,(H,28,30). The van der Waals surface area contributed by atoms with E-state index in [4.69, 9.17) is 21.1 Å². The lowest BCUT2D eigenvalue weighted by molar-refractivity contribution is -0.142. The summed E-state index contributed by atoms with van der Waals surface area (Å²) in [5, 5.41) is 6.68. The van der Waals surface area contributed by atoms with Gasteiger partial charge >= 0.3 is 5.97 Å². The smallest absolute Gasteiger partial charge is 0.343 e. The Hall–Kier alpha value is -3.71. The maximum Gasteiger partial charge on any atom is 0.343 e. The van der Waals surface area contributed by atoms with Gasteiger partial charge in [0.15, 0.2) is 18.1 Å². The molecule has 0 fully saturated rings. The number of rotatable bonds is 9. The van der Waals surface area contributed by atoms with Crippen LogP contribution in [0.3, 0.4) is 0 Å². The predicted octanol–water partition coefficient (Wildman–Crippen LogP) is 5.33. The Morgan fingerprint density at radius 3 is 2.39 bits per heavy atom. The van der Waals surface area contributed by atoms with Crippen LogP contribution in [0.15, 0.2) is 66.7 Å². The van der Waals surface area contributed by atoms with Crippen molar-refractivity contribution in [2.75, 3.05) is 31.5 Å². The molecule has 0 aliphatic heterocycles. The second kappa shape index (κ2) is 11.2. The zero-order valence-corrected chi connectivity index (χ0v) is 19.3. The fourth-order valence-electron chi connectivity index (χ4n) is 3.10. The summed E-state index contributed by atoms with van der Waals surface area (Å²) in [5.41, 5.74) is 2.81. The van der Waals surface area contributed by atoms with E-state index in [1.165, 1.54) is 20.3 Å². The first-order valence-corrected chi connectivity index (χ1v) is 10.6. The van der Waals surface area contributed by atoms with Crippen molar-refractivity contribution in [2.45, 2.75) is 13.0 Å². The summed E-state index contributed by atoms with van der Waals surface area (Å²) in [6, 6.07) is 20.0. The predicted molar refractivity (Wildman–Crippen MR) is 128 cm³/mol. The Morgan fingerprint density at radius 1 is 0.970 bits per heavy atom. The molecule has 0 heterocycles. The van der Waals surface area contributed by atoms with Crippen LogP contribution in [0, 0.1) is 0 Å². The highest BCUT2D eigenvalue weighted by atomic mass is 35.5. The van der Waals surface area contributed by atoms with E-state index in [9.17, 15) is 9.59 Å². The number of anilines is 2. The fourth-order valence-corrected chi connectivity index (χ4v) is 3.33. The lowest BCUT2D eigenvalue weighted by Crippen LogP contribution is -2.14. The molecule has 0 bridgehead atoms. The van der Waals surface area contributed by atoms with E-state index in [0.717, 1.165) is 11.3 Å². The summed E-state index contributed by atoms with van der Waals surface area (Å²) >= 11 is 6.44. The monoisotopic (exact) mass is 468 g/mol. The second-order valence-electron chi connectivity index (χ2n) is 7.16. The number of nitrogens with one attached hydrogen (secondary N) is 2. The van der Waals surface area contributed by atoms with Gasteiger partial charge in [-0.15, -0.1) is 0 Å². The van der Waals surface area contributed by atoms with Gasteiger partial charge in [0.1, 0.15) is 0 Å². The Bertz CT molecular complexity index is 1120. The highest BCUT2D eigenvalue weighted by Gasteiger charge is 2.14. The van der Waals surface area contributed by atoms with E-state index in [1.54, 1.807) is 24.3 Å². The number of carbonyl (C=O) groups excluding carboxylic acids is 2. The van der Waals surface area contributed by atoms with Gasteiger partial charge in [0.2, 0.25) is 0 Å². The SMILES string of the molecule is COC(=O)COc1ccc(C(=O)Nc2ccc(NC(C)c3ccccc3)c(Cl)c2)cc1OC. The van der Waals surface area contributed by atoms with Crippen molar-refractivity contribution in [1.82, 2.24) is 0 Å². The van der Waals surface area contributed by atoms with Crippen molar-refractivity contribution in [3.63, 3.8) is 0 Å². The first-order chi connectivity index (χ1) is 15.9. The van der Waals surface area contributed by atoms with Gasteiger partial charge in [-0.3, -0.25) is 4.79 Å². The van der Waals surface area contributed by atoms with Crippen molar-refractivity contribution in [2.24, 2.45) is 0 Å². The third-order valence-corrected chi connectivity index (χ3v) is 5.21. The summed E-state index contributed by atoms with van der Waals surface area (Å²) in [6.45, 7) is 1.79. The normalized spacial score (nSPS) is 11.3. The van der Waals surface area contributed by atoms with Gasteiger partial charge in [-0.05, 0) is 48.9 Å². The third-order valence-electron chi connectivity index (χ3n) is 4.90. The van der Waals surface area contributed by atoms with Crippen LogP contribution in [-0.2, 0) is 9.53 Å². The number of esters is 1. The Balaban J connectivity index is 1.67. The first-order valence-electron chi connectivity index (χ1n) is 10.2. The van der Waals surface area contributed by atoms with Crippen molar-refractivity contribution in [3.8, 4) is 11.5 Å². The quantitative estimate of drug-likeness (QED) is 0.413. The van der Waals surface area contributed by atoms with Crippen LogP contribution in [0.25, 0.3) is 0 Å². The largest absolute Gasteiger partial charge is 0.493 e. The molecule has 0 aliphatic carbocycles. The molecule has 1 unspecified atom stereocenters. The van der Waals surface area contributed by atoms with Crippen LogP contribution in [0.4, 0.5) is 11.4 Å². The van der Waals surface area contributed by atoms with Crippen molar-refractivity contribution < 1.29 is 23.8 Å². The van der Waals surface area contributed by atoms with Crippen LogP contribution in [0.1, 0.15) is 28.9 Å². The number of hydrogen-bond donors (Lipinski definition) is 2. The molecule has 0 aliphatic rings. The first kappa shape index (κ1) is 23.9. The van der Waals surface area contributed by atoms with E-state index in [0.29, 0.717) is 27.8 Å². The molecule has 0 radical (unpaired) electrons. The zero-order chi connectivity index (χ0) is 23.8. The minimum Gasteiger partial charge on any atom is -0.493 e. The third kappa shape index (κ3) is 6.40. The molecule has 0 saturated heterocycles. The van der Waals surface area contributed by atoms with E-state index in [-0.39, 0.29) is 18.6 Å². The molecule has 2 N–H and O–H groups in total. The van der Waals surface area contributed by atoms with Gasteiger partial charge in [0.25, 0.3) is 5.91 Å². The van der Waals surface area contributed by atoms with Gasteiger partial charge in [-0.1, -0.05) is 41.9 Å². The van der Waals surface area contributed by atoms with Crippen LogP contribution in [0.2, 0.25) is 5.02 Å². The van der Waals surface area contributed by atoms with Crippen molar-refractivity contribution in [3.05, 3.63) is 82.9 Å². The summed E-state index contributed by atoms with van der Waals surface area (Å²) in [6.07, 6.45) is 0. The average molecular weight is 469 g/mol. The highest BCUT2D eigenvalue weighted by Crippen LogP contribution is 2.31. The Labute approximate surface area is 197 Å². The molecule has 3 aromatic carbocycles. The van der Waals surface area contributed by atoms with Gasteiger partial charge in [0, 0.05) is 17.3 Å². The number of methoxy groups -OCH3 is 2. The number of carbonyl (C=O) groups is 2. The molecule has 3 aromatic rings. The molecule has 0 spiro atoms. The lowest BCUT2D eigenvalue weighted by atomic mass is 10.1. The molecule has 1 amide bonds. The molecule has 7 nitrogen and oxygen atoms in total. The number of amides is 1. The lowest BCUT2D eigenvalue weighted by Gasteiger charge is -2.17. The fraction of sp³-hybridized carbons (Fsp3) is 0.200. The molecule has 1 atom stereocenters. The van der Waals surface area contributed by atoms with E-state index >= 15 is 0 Å². The second-order valence-corrected chi connectivity index (χ2v) is 7.56. The molecule has 8 heteroatoms. The summed E-state index contributed by atoms with van der Waals surface area (Å²) in [7, 11) is 2.72. The summed E-state index contributed by atoms with van der Waals surface area (Å²) in [5.74, 6) is -0.224. The van der Waals surface area contributed by atoms with Crippen LogP contribution in [-0.4, -0.2) is 32.7 Å². The number of benzene rings is 3. The average Bonchev–Trinajstić information content (AvgIpc) is 2.84. The summed E-state index contributed by atoms with van der Waals surface area (Å²) < 4.78 is 15.2. The molecular weight excluding hydrogens is 444 g/mol. The van der Waals surface area contributed by atoms with Crippen molar-refractivity contribution in [1.29, 1.82) is 0 Å². The van der Waals surface area contributed by atoms with E-state index < -0.39 is 5.97 Å². The Kier molecular flexibility index (Phi) is 8.16. The molecule has 172 valence electrons. The molecular formula is C25H25ClN2O5. The van der Waals surface area contributed by atoms with Gasteiger partial charge in [-0.2, -0.15) is 0 Å². The Morgan fingerprint density at radius 2 is 1.73 bits per heavy atom. The van der Waals surface area contributed by atoms with Crippen LogP contribution < -0.4 is 20.1 Å². The zero-order valence-electron chi connectivity index (χ0n) is 18.6. The van der Waals surface area contributed by atoms with Gasteiger partial charge < -0.3 is 24.8 Å². The summed E-state index contributed by atoms with van der Waals surface area (Å²) in [4.78, 5) is 24.0. The maximum atomic E-state index is 12.7. The molecule has 0 saturated carbocycles. The highest BCUT2D eigenvalue weighted by molar-refractivity contribution is 6.33. The number of hydrogen-bond acceptors (Lipinski definition) is 6. The number of halogens is 1. The van der Waals surface area contributed by atoms with E-state index in [1.807, 2.05) is 43.3 Å².